The van der Waals surface area contributed by atoms with Gasteiger partial charge in [-0.05, 0) is 61.9 Å². The molecule has 1 heterocycles. The zero-order valence-corrected chi connectivity index (χ0v) is 18.5. The van der Waals surface area contributed by atoms with Crippen molar-refractivity contribution in [1.82, 2.24) is 9.88 Å². The smallest absolute Gasteiger partial charge is 0.328 e. The molecule has 0 bridgehead atoms. The van der Waals surface area contributed by atoms with Crippen molar-refractivity contribution >= 4 is 40.3 Å². The summed E-state index contributed by atoms with van der Waals surface area (Å²) in [6, 6.07) is 10.2. The lowest BCUT2D eigenvalue weighted by molar-refractivity contribution is -0.144. The number of rotatable bonds is 7. The van der Waals surface area contributed by atoms with Crippen LogP contribution in [0.15, 0.2) is 42.5 Å². The molecule has 0 aliphatic heterocycles. The molecular weight excluding hydrogens is 436 g/mol. The number of carboxylic acid groups (broad SMARTS) is 1. The minimum Gasteiger partial charge on any atom is -0.497 e. The first kappa shape index (κ1) is 23.3. The third kappa shape index (κ3) is 4.61. The van der Waals surface area contributed by atoms with Gasteiger partial charge in [0, 0.05) is 21.7 Å². The standard InChI is InChI=1S/C23H23ClN2O6/c1-12-17(11-20(28)25-21(13(2)27)23(30)31)18-10-16(32-3)8-9-19(18)26(12)22(29)14-4-6-15(24)7-5-14/h4-10,13,21,27H,11H2,1-3H3,(H,25,28)(H,30,31). The normalized spacial score (nSPS) is 12.9. The maximum absolute atomic E-state index is 13.3. The van der Waals surface area contributed by atoms with Gasteiger partial charge in [0.2, 0.25) is 5.91 Å². The number of hydrogen-bond donors (Lipinski definition) is 3. The number of aliphatic carboxylic acids is 1. The summed E-state index contributed by atoms with van der Waals surface area (Å²) in [6.45, 7) is 3.00. The first-order chi connectivity index (χ1) is 15.1. The Bertz CT molecular complexity index is 1180. The molecule has 2 aromatic carbocycles. The van der Waals surface area contributed by atoms with E-state index in [1.54, 1.807) is 49.4 Å². The van der Waals surface area contributed by atoms with Crippen LogP contribution in [0.3, 0.4) is 0 Å². The number of hydrogen-bond acceptors (Lipinski definition) is 5. The van der Waals surface area contributed by atoms with Crippen LogP contribution in [0.4, 0.5) is 0 Å². The van der Waals surface area contributed by atoms with Crippen molar-refractivity contribution in [2.75, 3.05) is 7.11 Å². The number of nitrogens with one attached hydrogen (secondary N) is 1. The number of carboxylic acids is 1. The van der Waals surface area contributed by atoms with Crippen molar-refractivity contribution in [2.45, 2.75) is 32.4 Å². The molecule has 32 heavy (non-hydrogen) atoms. The summed E-state index contributed by atoms with van der Waals surface area (Å²) < 4.78 is 6.80. The minimum absolute atomic E-state index is 0.188. The van der Waals surface area contributed by atoms with Crippen molar-refractivity contribution in [3.8, 4) is 5.75 Å². The monoisotopic (exact) mass is 458 g/mol. The lowest BCUT2D eigenvalue weighted by Gasteiger charge is -2.17. The van der Waals surface area contributed by atoms with E-state index in [9.17, 15) is 24.6 Å². The summed E-state index contributed by atoms with van der Waals surface area (Å²) in [5.41, 5.74) is 2.08. The number of aliphatic hydroxyl groups excluding tert-OH is 1. The second-order valence-electron chi connectivity index (χ2n) is 7.40. The van der Waals surface area contributed by atoms with E-state index in [1.807, 2.05) is 0 Å². The second-order valence-corrected chi connectivity index (χ2v) is 7.83. The quantitative estimate of drug-likeness (QED) is 0.501. The van der Waals surface area contributed by atoms with Gasteiger partial charge in [-0.2, -0.15) is 0 Å². The van der Waals surface area contributed by atoms with E-state index in [-0.39, 0.29) is 12.3 Å². The average Bonchev–Trinajstić information content (AvgIpc) is 3.02. The topological polar surface area (TPSA) is 118 Å². The molecule has 3 aromatic rings. The van der Waals surface area contributed by atoms with Crippen molar-refractivity contribution in [3.63, 3.8) is 0 Å². The van der Waals surface area contributed by atoms with Gasteiger partial charge in [0.1, 0.15) is 5.75 Å². The van der Waals surface area contributed by atoms with E-state index >= 15 is 0 Å². The number of nitrogens with zero attached hydrogens (tertiary/aromatic N) is 1. The predicted octanol–water partition coefficient (Wildman–Crippen LogP) is 2.79. The van der Waals surface area contributed by atoms with Crippen LogP contribution in [0.5, 0.6) is 5.75 Å². The van der Waals surface area contributed by atoms with Gasteiger partial charge in [-0.3, -0.25) is 14.2 Å². The van der Waals surface area contributed by atoms with Crippen molar-refractivity contribution in [1.29, 1.82) is 0 Å². The maximum Gasteiger partial charge on any atom is 0.328 e. The molecule has 9 heteroatoms. The highest BCUT2D eigenvalue weighted by Gasteiger charge is 2.27. The van der Waals surface area contributed by atoms with Crippen molar-refractivity contribution in [3.05, 3.63) is 64.3 Å². The summed E-state index contributed by atoms with van der Waals surface area (Å²) >= 11 is 5.93. The van der Waals surface area contributed by atoms with E-state index < -0.39 is 24.0 Å². The Balaban J connectivity index is 2.07. The van der Waals surface area contributed by atoms with Gasteiger partial charge >= 0.3 is 5.97 Å². The fourth-order valence-electron chi connectivity index (χ4n) is 3.57. The molecular formula is C23H23ClN2O6. The number of benzene rings is 2. The highest BCUT2D eigenvalue weighted by molar-refractivity contribution is 6.30. The Labute approximate surface area is 189 Å². The van der Waals surface area contributed by atoms with E-state index in [2.05, 4.69) is 5.32 Å². The number of methoxy groups -OCH3 is 1. The Morgan fingerprint density at radius 2 is 1.81 bits per heavy atom. The molecule has 0 aliphatic carbocycles. The van der Waals surface area contributed by atoms with Crippen LogP contribution in [0, 0.1) is 6.92 Å². The highest BCUT2D eigenvalue weighted by Crippen LogP contribution is 2.31. The van der Waals surface area contributed by atoms with Gasteiger partial charge < -0.3 is 20.3 Å². The molecule has 168 valence electrons. The predicted molar refractivity (Wildman–Crippen MR) is 119 cm³/mol. The lowest BCUT2D eigenvalue weighted by Crippen LogP contribution is -2.48. The van der Waals surface area contributed by atoms with Gasteiger partial charge in [0.15, 0.2) is 6.04 Å². The number of aliphatic hydroxyl groups is 1. The fourth-order valence-corrected chi connectivity index (χ4v) is 3.70. The molecule has 8 nitrogen and oxygen atoms in total. The zero-order chi connectivity index (χ0) is 23.6. The molecule has 0 fully saturated rings. The summed E-state index contributed by atoms with van der Waals surface area (Å²) in [5.74, 6) is -1.69. The third-order valence-corrected chi connectivity index (χ3v) is 5.49. The highest BCUT2D eigenvalue weighted by atomic mass is 35.5. The first-order valence-corrected chi connectivity index (χ1v) is 10.2. The van der Waals surface area contributed by atoms with Gasteiger partial charge in [0.25, 0.3) is 5.91 Å². The average molecular weight is 459 g/mol. The summed E-state index contributed by atoms with van der Waals surface area (Å²) in [4.78, 5) is 37.2. The molecule has 1 amide bonds. The van der Waals surface area contributed by atoms with Crippen LogP contribution in [0.25, 0.3) is 10.9 Å². The molecule has 0 saturated heterocycles. The zero-order valence-electron chi connectivity index (χ0n) is 17.8. The minimum atomic E-state index is -1.44. The van der Waals surface area contributed by atoms with Gasteiger partial charge in [-0.15, -0.1) is 0 Å². The van der Waals surface area contributed by atoms with E-state index in [4.69, 9.17) is 16.3 Å². The largest absolute Gasteiger partial charge is 0.497 e. The second kappa shape index (κ2) is 9.42. The first-order valence-electron chi connectivity index (χ1n) is 9.82. The van der Waals surface area contributed by atoms with Crippen molar-refractivity contribution < 1.29 is 29.3 Å². The summed E-state index contributed by atoms with van der Waals surface area (Å²) in [5, 5.41) is 22.3. The lowest BCUT2D eigenvalue weighted by atomic mass is 10.1. The number of amides is 1. The van der Waals surface area contributed by atoms with Gasteiger partial charge in [-0.1, -0.05) is 11.6 Å². The third-order valence-electron chi connectivity index (χ3n) is 5.24. The van der Waals surface area contributed by atoms with Crippen LogP contribution in [-0.4, -0.2) is 51.8 Å². The summed E-state index contributed by atoms with van der Waals surface area (Å²) in [7, 11) is 1.51. The fraction of sp³-hybridized carbons (Fsp3) is 0.261. The molecule has 3 N–H and O–H groups in total. The van der Waals surface area contributed by atoms with Gasteiger partial charge in [0.05, 0.1) is 25.2 Å². The van der Waals surface area contributed by atoms with Crippen molar-refractivity contribution in [2.24, 2.45) is 0 Å². The molecule has 0 aliphatic rings. The molecule has 1 aromatic heterocycles. The van der Waals surface area contributed by atoms with Crippen LogP contribution in [0.1, 0.15) is 28.5 Å². The Hall–Kier alpha value is -3.36. The molecule has 2 unspecified atom stereocenters. The van der Waals surface area contributed by atoms with Crippen LogP contribution in [0.2, 0.25) is 5.02 Å². The molecule has 3 rings (SSSR count). The number of aromatic nitrogens is 1. The van der Waals surface area contributed by atoms with Crippen LogP contribution in [-0.2, 0) is 16.0 Å². The molecule has 2 atom stereocenters. The number of carbonyl (C=O) groups is 3. The number of ether oxygens (including phenoxy) is 1. The number of carbonyl (C=O) groups excluding carboxylic acids is 2. The Morgan fingerprint density at radius 1 is 1.16 bits per heavy atom. The van der Waals surface area contributed by atoms with E-state index in [0.29, 0.717) is 38.5 Å². The van der Waals surface area contributed by atoms with Gasteiger partial charge in [-0.25, -0.2) is 4.79 Å². The number of halogens is 1. The molecule has 0 spiro atoms. The Kier molecular flexibility index (Phi) is 6.86. The molecule has 0 radical (unpaired) electrons. The Morgan fingerprint density at radius 3 is 2.38 bits per heavy atom. The van der Waals surface area contributed by atoms with E-state index in [1.165, 1.54) is 18.6 Å². The summed E-state index contributed by atoms with van der Waals surface area (Å²) in [6.07, 6.45) is -1.46. The SMILES string of the molecule is COc1ccc2c(c1)c(CC(=O)NC(C(=O)O)C(C)O)c(C)n2C(=O)c1ccc(Cl)cc1. The van der Waals surface area contributed by atoms with E-state index in [0.717, 1.165) is 0 Å². The van der Waals surface area contributed by atoms with Crippen LogP contribution < -0.4 is 10.1 Å². The number of fused-ring (bicyclic) bond motifs is 1. The van der Waals surface area contributed by atoms with Crippen LogP contribution >= 0.6 is 11.6 Å². The molecule has 0 saturated carbocycles. The maximum atomic E-state index is 13.3.